The van der Waals surface area contributed by atoms with Crippen LogP contribution >= 0.6 is 0 Å². The van der Waals surface area contributed by atoms with Gasteiger partial charge in [0.25, 0.3) is 5.91 Å². The molecule has 0 spiro atoms. The molecule has 0 aliphatic rings. The van der Waals surface area contributed by atoms with Crippen LogP contribution in [0, 0.1) is 0 Å². The second-order valence-electron chi connectivity index (χ2n) is 6.64. The average Bonchev–Trinajstić information content (AvgIpc) is 2.33. The zero-order valence-electron chi connectivity index (χ0n) is 14.3. The summed E-state index contributed by atoms with van der Waals surface area (Å²) in [4.78, 5) is 26.6. The molecule has 6 heteroatoms. The van der Waals surface area contributed by atoms with Crippen molar-refractivity contribution in [3.05, 3.63) is 0 Å². The minimum Gasteiger partial charge on any atom is -0.458 e. The van der Waals surface area contributed by atoms with Crippen LogP contribution in [0.4, 0.5) is 0 Å². The molecule has 0 radical (unpaired) electrons. The maximum atomic E-state index is 12.3. The lowest BCUT2D eigenvalue weighted by Crippen LogP contribution is -2.61. The molecule has 0 rings (SSSR count). The summed E-state index contributed by atoms with van der Waals surface area (Å²) in [6.07, 6.45) is 1.83. The summed E-state index contributed by atoms with van der Waals surface area (Å²) in [7, 11) is 3.82. The van der Waals surface area contributed by atoms with E-state index in [0.29, 0.717) is 19.5 Å². The van der Waals surface area contributed by atoms with Crippen molar-refractivity contribution in [2.24, 2.45) is 5.73 Å². The van der Waals surface area contributed by atoms with Gasteiger partial charge < -0.3 is 20.7 Å². The van der Waals surface area contributed by atoms with E-state index in [-0.39, 0.29) is 6.42 Å². The quantitative estimate of drug-likeness (QED) is 0.514. The molecule has 0 aliphatic heterocycles. The van der Waals surface area contributed by atoms with E-state index in [0.717, 1.165) is 6.42 Å². The molecule has 21 heavy (non-hydrogen) atoms. The number of hydrogen-bond donors (Lipinski definition) is 2. The molecule has 1 amide bonds. The third-order valence-electron chi connectivity index (χ3n) is 2.94. The molecule has 0 saturated heterocycles. The fourth-order valence-corrected chi connectivity index (χ4v) is 1.68. The van der Waals surface area contributed by atoms with Gasteiger partial charge in [0.15, 0.2) is 5.54 Å². The summed E-state index contributed by atoms with van der Waals surface area (Å²) in [5, 5.41) is 2.72. The SMILES string of the molecule is CCCC[C@](N)(C(=O)NCCN(C)C)C(=O)OC(C)(C)C. The van der Waals surface area contributed by atoms with Crippen LogP contribution in [0.2, 0.25) is 0 Å². The zero-order valence-corrected chi connectivity index (χ0v) is 14.3. The second kappa shape index (κ2) is 8.34. The Morgan fingerprint density at radius 1 is 1.24 bits per heavy atom. The molecule has 0 bridgehead atoms. The van der Waals surface area contributed by atoms with Crippen LogP contribution in [-0.2, 0) is 14.3 Å². The summed E-state index contributed by atoms with van der Waals surface area (Å²) < 4.78 is 5.31. The van der Waals surface area contributed by atoms with Crippen LogP contribution in [0.15, 0.2) is 0 Å². The first-order valence-electron chi connectivity index (χ1n) is 7.48. The molecule has 0 heterocycles. The molecular weight excluding hydrogens is 270 g/mol. The van der Waals surface area contributed by atoms with Gasteiger partial charge in [0, 0.05) is 13.1 Å². The third kappa shape index (κ3) is 7.43. The van der Waals surface area contributed by atoms with E-state index in [2.05, 4.69) is 5.32 Å². The predicted octanol–water partition coefficient (Wildman–Crippen LogP) is 0.894. The van der Waals surface area contributed by atoms with Crippen molar-refractivity contribution in [3.63, 3.8) is 0 Å². The number of amides is 1. The summed E-state index contributed by atoms with van der Waals surface area (Å²) >= 11 is 0. The second-order valence-corrected chi connectivity index (χ2v) is 6.64. The smallest absolute Gasteiger partial charge is 0.336 e. The molecule has 0 saturated carbocycles. The van der Waals surface area contributed by atoms with Gasteiger partial charge in [-0.25, -0.2) is 4.79 Å². The number of likely N-dealkylation sites (N-methyl/N-ethyl adjacent to an activating group) is 1. The van der Waals surface area contributed by atoms with Crippen LogP contribution < -0.4 is 11.1 Å². The Bertz CT molecular complexity index is 351. The molecular formula is C15H31N3O3. The van der Waals surface area contributed by atoms with E-state index >= 15 is 0 Å². The highest BCUT2D eigenvalue weighted by Gasteiger charge is 2.44. The molecule has 0 aromatic rings. The summed E-state index contributed by atoms with van der Waals surface area (Å²) in [6, 6.07) is 0. The fourth-order valence-electron chi connectivity index (χ4n) is 1.68. The van der Waals surface area contributed by atoms with Gasteiger partial charge in [0.1, 0.15) is 5.60 Å². The molecule has 124 valence electrons. The normalized spacial score (nSPS) is 14.7. The highest BCUT2D eigenvalue weighted by Crippen LogP contribution is 2.18. The topological polar surface area (TPSA) is 84.7 Å². The first-order chi connectivity index (χ1) is 9.53. The number of unbranched alkanes of at least 4 members (excludes halogenated alkanes) is 1. The van der Waals surface area contributed by atoms with E-state index < -0.39 is 23.0 Å². The van der Waals surface area contributed by atoms with Gasteiger partial charge in [0.2, 0.25) is 0 Å². The fraction of sp³-hybridized carbons (Fsp3) is 0.867. The summed E-state index contributed by atoms with van der Waals surface area (Å²) in [5.41, 5.74) is 3.81. The first-order valence-corrected chi connectivity index (χ1v) is 7.48. The van der Waals surface area contributed by atoms with Gasteiger partial charge in [-0.15, -0.1) is 0 Å². The molecule has 0 aromatic carbocycles. The van der Waals surface area contributed by atoms with Crippen molar-refractivity contribution in [1.82, 2.24) is 10.2 Å². The summed E-state index contributed by atoms with van der Waals surface area (Å²) in [6.45, 7) is 8.39. The summed E-state index contributed by atoms with van der Waals surface area (Å²) in [5.74, 6) is -1.13. The van der Waals surface area contributed by atoms with E-state index in [4.69, 9.17) is 10.5 Å². The average molecular weight is 301 g/mol. The highest BCUT2D eigenvalue weighted by molar-refractivity contribution is 6.07. The number of rotatable bonds is 8. The number of carbonyl (C=O) groups excluding carboxylic acids is 2. The minimum absolute atomic E-state index is 0.284. The van der Waals surface area contributed by atoms with Crippen LogP contribution in [0.3, 0.4) is 0 Å². The molecule has 6 nitrogen and oxygen atoms in total. The Morgan fingerprint density at radius 2 is 1.81 bits per heavy atom. The van der Waals surface area contributed by atoms with Crippen LogP contribution in [0.25, 0.3) is 0 Å². The minimum atomic E-state index is -1.62. The Hall–Kier alpha value is -1.14. The monoisotopic (exact) mass is 301 g/mol. The van der Waals surface area contributed by atoms with Crippen molar-refractivity contribution in [2.45, 2.75) is 58.1 Å². The maximum absolute atomic E-state index is 12.3. The zero-order chi connectivity index (χ0) is 16.7. The maximum Gasteiger partial charge on any atom is 0.336 e. The van der Waals surface area contributed by atoms with Crippen LogP contribution in [0.5, 0.6) is 0 Å². The largest absolute Gasteiger partial charge is 0.458 e. The van der Waals surface area contributed by atoms with E-state index in [1.54, 1.807) is 20.8 Å². The molecule has 3 N–H and O–H groups in total. The highest BCUT2D eigenvalue weighted by atomic mass is 16.6. The Morgan fingerprint density at radius 3 is 2.24 bits per heavy atom. The van der Waals surface area contributed by atoms with Crippen molar-refractivity contribution in [1.29, 1.82) is 0 Å². The van der Waals surface area contributed by atoms with E-state index in [9.17, 15) is 9.59 Å². The number of nitrogens with two attached hydrogens (primary N) is 1. The van der Waals surface area contributed by atoms with E-state index in [1.807, 2.05) is 25.9 Å². The predicted molar refractivity (Wildman–Crippen MR) is 83.9 cm³/mol. The van der Waals surface area contributed by atoms with Gasteiger partial charge in [-0.05, 0) is 41.3 Å². The number of ether oxygens (including phenoxy) is 1. The van der Waals surface area contributed by atoms with Gasteiger partial charge >= 0.3 is 5.97 Å². The Labute approximate surface area is 128 Å². The molecule has 0 fully saturated rings. The first kappa shape index (κ1) is 19.9. The van der Waals surface area contributed by atoms with Crippen molar-refractivity contribution in [3.8, 4) is 0 Å². The molecule has 0 aromatic heterocycles. The molecule has 1 atom stereocenters. The van der Waals surface area contributed by atoms with Gasteiger partial charge in [0.05, 0.1) is 0 Å². The standard InChI is InChI=1S/C15H31N3O3/c1-7-8-9-15(16,13(20)21-14(2,3)4)12(19)17-10-11-18(5)6/h7-11,16H2,1-6H3,(H,17,19)/t15-/m0/s1. The van der Waals surface area contributed by atoms with Crippen molar-refractivity contribution >= 4 is 11.9 Å². The number of esters is 1. The lowest BCUT2D eigenvalue weighted by molar-refractivity contribution is -0.164. The van der Waals surface area contributed by atoms with Crippen molar-refractivity contribution in [2.75, 3.05) is 27.2 Å². The number of nitrogens with zero attached hydrogens (tertiary/aromatic N) is 1. The van der Waals surface area contributed by atoms with E-state index in [1.165, 1.54) is 0 Å². The third-order valence-corrected chi connectivity index (χ3v) is 2.94. The van der Waals surface area contributed by atoms with Gasteiger partial charge in [-0.3, -0.25) is 4.79 Å². The number of carbonyl (C=O) groups is 2. The Kier molecular flexibility index (Phi) is 7.89. The number of hydrogen-bond acceptors (Lipinski definition) is 5. The molecule has 0 unspecified atom stereocenters. The van der Waals surface area contributed by atoms with Gasteiger partial charge in [-0.2, -0.15) is 0 Å². The van der Waals surface area contributed by atoms with Crippen LogP contribution in [0.1, 0.15) is 47.0 Å². The Balaban J connectivity index is 4.88. The van der Waals surface area contributed by atoms with Crippen molar-refractivity contribution < 1.29 is 14.3 Å². The lowest BCUT2D eigenvalue weighted by atomic mass is 9.92. The lowest BCUT2D eigenvalue weighted by Gasteiger charge is -2.30. The molecule has 0 aliphatic carbocycles. The van der Waals surface area contributed by atoms with Crippen LogP contribution in [-0.4, -0.2) is 55.1 Å². The van der Waals surface area contributed by atoms with Gasteiger partial charge in [-0.1, -0.05) is 19.8 Å². The number of nitrogens with one attached hydrogen (secondary N) is 1.